The van der Waals surface area contributed by atoms with E-state index in [2.05, 4.69) is 45.3 Å². The maximum atomic E-state index is 4.60. The van der Waals surface area contributed by atoms with Gasteiger partial charge in [-0.1, -0.05) is 46.3 Å². The zero-order valence-electron chi connectivity index (χ0n) is 9.39. The normalized spacial score (nSPS) is 10.9. The van der Waals surface area contributed by atoms with Crippen molar-refractivity contribution in [1.29, 1.82) is 0 Å². The maximum absolute atomic E-state index is 4.60. The second kappa shape index (κ2) is 4.00. The van der Waals surface area contributed by atoms with E-state index in [0.29, 0.717) is 0 Å². The topological polar surface area (TPSA) is 17.8 Å². The molecule has 0 atom stereocenters. The second-order valence-corrected chi connectivity index (χ2v) is 4.92. The van der Waals surface area contributed by atoms with Crippen LogP contribution in [0.25, 0.3) is 22.2 Å². The van der Waals surface area contributed by atoms with E-state index in [1.807, 2.05) is 36.0 Å². The summed E-state index contributed by atoms with van der Waals surface area (Å²) >= 11 is 3.51. The molecule has 1 heterocycles. The van der Waals surface area contributed by atoms with Crippen LogP contribution in [0.4, 0.5) is 0 Å². The molecule has 3 heteroatoms. The average Bonchev–Trinajstić information content (AvgIpc) is 2.67. The Morgan fingerprint density at radius 1 is 1.06 bits per heavy atom. The van der Waals surface area contributed by atoms with Crippen molar-refractivity contribution in [2.45, 2.75) is 0 Å². The van der Waals surface area contributed by atoms with Crippen LogP contribution < -0.4 is 0 Å². The van der Waals surface area contributed by atoms with Crippen molar-refractivity contribution in [1.82, 2.24) is 9.78 Å². The van der Waals surface area contributed by atoms with Gasteiger partial charge in [-0.25, -0.2) is 0 Å². The third kappa shape index (κ3) is 1.76. The monoisotopic (exact) mass is 286 g/mol. The molecule has 2 nitrogen and oxygen atoms in total. The highest BCUT2D eigenvalue weighted by molar-refractivity contribution is 9.10. The Morgan fingerprint density at radius 2 is 1.82 bits per heavy atom. The molecule has 0 amide bonds. The fourth-order valence-corrected chi connectivity index (χ4v) is 2.41. The van der Waals surface area contributed by atoms with Crippen LogP contribution in [-0.2, 0) is 7.05 Å². The number of aromatic nitrogens is 2. The Hall–Kier alpha value is -1.61. The lowest BCUT2D eigenvalue weighted by atomic mass is 10.1. The molecule has 0 unspecified atom stereocenters. The molecular weight excluding hydrogens is 276 g/mol. The van der Waals surface area contributed by atoms with E-state index in [0.717, 1.165) is 21.2 Å². The fraction of sp³-hybridized carbons (Fsp3) is 0.0714. The van der Waals surface area contributed by atoms with Crippen LogP contribution in [0.1, 0.15) is 0 Å². The molecule has 0 saturated heterocycles. The summed E-state index contributed by atoms with van der Waals surface area (Å²) in [5, 5.41) is 5.77. The van der Waals surface area contributed by atoms with Crippen molar-refractivity contribution >= 4 is 26.8 Å². The van der Waals surface area contributed by atoms with Gasteiger partial charge >= 0.3 is 0 Å². The van der Waals surface area contributed by atoms with E-state index >= 15 is 0 Å². The molecule has 0 aliphatic rings. The van der Waals surface area contributed by atoms with Crippen LogP contribution in [0.15, 0.2) is 53.0 Å². The summed E-state index contributed by atoms with van der Waals surface area (Å²) in [6.45, 7) is 0. The maximum Gasteiger partial charge on any atom is 0.100 e. The largest absolute Gasteiger partial charge is 0.267 e. The predicted octanol–water partition coefficient (Wildman–Crippen LogP) is 4.00. The summed E-state index contributed by atoms with van der Waals surface area (Å²) in [4.78, 5) is 0. The second-order valence-electron chi connectivity index (χ2n) is 4.00. The van der Waals surface area contributed by atoms with Gasteiger partial charge in [0, 0.05) is 22.5 Å². The van der Waals surface area contributed by atoms with E-state index < -0.39 is 0 Å². The quantitative estimate of drug-likeness (QED) is 0.661. The Balaban J connectivity index is 2.34. The molecule has 0 aliphatic carbocycles. The predicted molar refractivity (Wildman–Crippen MR) is 73.9 cm³/mol. The lowest BCUT2D eigenvalue weighted by Gasteiger charge is -1.97. The number of hydrogen-bond acceptors (Lipinski definition) is 1. The van der Waals surface area contributed by atoms with E-state index in [4.69, 9.17) is 0 Å². The molecule has 0 fully saturated rings. The number of rotatable bonds is 1. The van der Waals surface area contributed by atoms with Gasteiger partial charge in [0.05, 0.1) is 5.52 Å². The summed E-state index contributed by atoms with van der Waals surface area (Å²) in [6, 6.07) is 16.5. The number of nitrogens with zero attached hydrogens (tertiary/aromatic N) is 2. The number of halogens is 1. The fourth-order valence-electron chi connectivity index (χ4n) is 2.05. The highest BCUT2D eigenvalue weighted by Crippen LogP contribution is 2.29. The highest BCUT2D eigenvalue weighted by Gasteiger charge is 2.10. The van der Waals surface area contributed by atoms with Gasteiger partial charge in [0.25, 0.3) is 0 Å². The third-order valence-corrected chi connectivity index (χ3v) is 3.35. The Morgan fingerprint density at radius 3 is 2.59 bits per heavy atom. The van der Waals surface area contributed by atoms with Crippen LogP contribution in [-0.4, -0.2) is 9.78 Å². The molecule has 0 saturated carbocycles. The zero-order chi connectivity index (χ0) is 11.8. The van der Waals surface area contributed by atoms with Gasteiger partial charge in [-0.05, 0) is 18.2 Å². The average molecular weight is 287 g/mol. The summed E-state index contributed by atoms with van der Waals surface area (Å²) < 4.78 is 3.00. The summed E-state index contributed by atoms with van der Waals surface area (Å²) in [7, 11) is 1.97. The van der Waals surface area contributed by atoms with E-state index in [-0.39, 0.29) is 0 Å². The Labute approximate surface area is 108 Å². The molecular formula is C14H11BrN2. The van der Waals surface area contributed by atoms with Gasteiger partial charge in [0.15, 0.2) is 0 Å². The first-order valence-electron chi connectivity index (χ1n) is 5.43. The Bertz CT molecular complexity index is 671. The molecule has 3 aromatic rings. The van der Waals surface area contributed by atoms with E-state index in [1.165, 1.54) is 5.39 Å². The van der Waals surface area contributed by atoms with Gasteiger partial charge in [0.2, 0.25) is 0 Å². The Kier molecular flexibility index (Phi) is 2.48. The van der Waals surface area contributed by atoms with Gasteiger partial charge in [-0.3, -0.25) is 4.68 Å². The molecule has 2 aromatic carbocycles. The minimum atomic E-state index is 1.03. The van der Waals surface area contributed by atoms with Gasteiger partial charge in [-0.2, -0.15) is 5.10 Å². The van der Waals surface area contributed by atoms with Gasteiger partial charge in [0.1, 0.15) is 5.69 Å². The number of benzene rings is 2. The minimum Gasteiger partial charge on any atom is -0.267 e. The third-order valence-electron chi connectivity index (χ3n) is 2.86. The van der Waals surface area contributed by atoms with Crippen molar-refractivity contribution in [2.75, 3.05) is 0 Å². The molecule has 0 radical (unpaired) electrons. The number of fused-ring (bicyclic) bond motifs is 1. The first-order chi connectivity index (χ1) is 8.25. The standard InChI is InChI=1S/C14H11BrN2/c1-17-13-8-7-11(15)9-12(13)14(16-17)10-5-3-2-4-6-10/h2-9H,1H3. The van der Waals surface area contributed by atoms with Crippen molar-refractivity contribution in [2.24, 2.45) is 7.05 Å². The van der Waals surface area contributed by atoms with Crippen molar-refractivity contribution in [3.63, 3.8) is 0 Å². The SMILES string of the molecule is Cn1nc(-c2ccccc2)c2cc(Br)ccc21. The molecule has 1 aromatic heterocycles. The van der Waals surface area contributed by atoms with Crippen LogP contribution >= 0.6 is 15.9 Å². The van der Waals surface area contributed by atoms with Crippen LogP contribution in [0, 0.1) is 0 Å². The van der Waals surface area contributed by atoms with Gasteiger partial charge in [-0.15, -0.1) is 0 Å². The molecule has 3 rings (SSSR count). The molecule has 0 spiro atoms. The molecule has 0 N–H and O–H groups in total. The van der Waals surface area contributed by atoms with Crippen LogP contribution in [0.3, 0.4) is 0 Å². The first-order valence-corrected chi connectivity index (χ1v) is 6.23. The molecule has 0 aliphatic heterocycles. The van der Waals surface area contributed by atoms with Gasteiger partial charge < -0.3 is 0 Å². The number of aryl methyl sites for hydroxylation is 1. The minimum absolute atomic E-state index is 1.03. The smallest absolute Gasteiger partial charge is 0.100 e. The zero-order valence-corrected chi connectivity index (χ0v) is 11.0. The van der Waals surface area contributed by atoms with E-state index in [1.54, 1.807) is 0 Å². The summed E-state index contributed by atoms with van der Waals surface area (Å²) in [6.07, 6.45) is 0. The molecule has 84 valence electrons. The van der Waals surface area contributed by atoms with Crippen molar-refractivity contribution in [3.8, 4) is 11.3 Å². The van der Waals surface area contributed by atoms with Crippen molar-refractivity contribution in [3.05, 3.63) is 53.0 Å². The summed E-state index contributed by atoms with van der Waals surface area (Å²) in [5.74, 6) is 0. The van der Waals surface area contributed by atoms with Crippen LogP contribution in [0.2, 0.25) is 0 Å². The summed E-state index contributed by atoms with van der Waals surface area (Å²) in [5.41, 5.74) is 3.33. The number of hydrogen-bond donors (Lipinski definition) is 0. The lowest BCUT2D eigenvalue weighted by molar-refractivity contribution is 0.800. The molecule has 0 bridgehead atoms. The van der Waals surface area contributed by atoms with Crippen LogP contribution in [0.5, 0.6) is 0 Å². The van der Waals surface area contributed by atoms with Crippen molar-refractivity contribution < 1.29 is 0 Å². The highest BCUT2D eigenvalue weighted by atomic mass is 79.9. The molecule has 17 heavy (non-hydrogen) atoms. The lowest BCUT2D eigenvalue weighted by Crippen LogP contribution is -1.89. The van der Waals surface area contributed by atoms with E-state index in [9.17, 15) is 0 Å². The first kappa shape index (κ1) is 10.5.